The molecule has 0 saturated carbocycles. The van der Waals surface area contributed by atoms with Crippen molar-refractivity contribution in [3.63, 3.8) is 0 Å². The van der Waals surface area contributed by atoms with Crippen LogP contribution in [0.1, 0.15) is 28.9 Å². The molecule has 1 N–H and O–H groups in total. The van der Waals surface area contributed by atoms with E-state index in [0.717, 1.165) is 44.3 Å². The van der Waals surface area contributed by atoms with Crippen molar-refractivity contribution < 1.29 is 4.74 Å². The molecule has 2 heterocycles. The molecule has 28 heavy (non-hydrogen) atoms. The average molecular weight is 382 g/mol. The van der Waals surface area contributed by atoms with E-state index in [1.807, 2.05) is 11.7 Å². The fourth-order valence-corrected chi connectivity index (χ4v) is 3.66. The van der Waals surface area contributed by atoms with Crippen molar-refractivity contribution in [2.24, 2.45) is 4.99 Å². The van der Waals surface area contributed by atoms with Gasteiger partial charge in [0.2, 0.25) is 0 Å². The Kier molecular flexibility index (Phi) is 6.87. The lowest BCUT2D eigenvalue weighted by molar-refractivity contribution is 0.182. The normalized spacial score (nSPS) is 14.9. The highest BCUT2D eigenvalue weighted by Crippen LogP contribution is 2.22. The Labute approximate surface area is 167 Å². The molecule has 3 rings (SSSR count). The Balaban J connectivity index is 1.62. The SMILES string of the molecule is CN=C(NCc1c(C)nn(CCOC)c1C)N1CC=C(c2ccccc2)CC1. The van der Waals surface area contributed by atoms with E-state index in [0.29, 0.717) is 6.61 Å². The first-order valence-electron chi connectivity index (χ1n) is 9.86. The van der Waals surface area contributed by atoms with Crippen LogP contribution < -0.4 is 5.32 Å². The second kappa shape index (κ2) is 9.55. The molecule has 150 valence electrons. The third-order valence-electron chi connectivity index (χ3n) is 5.33. The van der Waals surface area contributed by atoms with E-state index < -0.39 is 0 Å². The number of methoxy groups -OCH3 is 1. The Bertz CT molecular complexity index is 838. The zero-order chi connectivity index (χ0) is 19.9. The predicted molar refractivity (Wildman–Crippen MR) is 114 cm³/mol. The first-order chi connectivity index (χ1) is 13.6. The van der Waals surface area contributed by atoms with Crippen molar-refractivity contribution in [1.82, 2.24) is 20.0 Å². The molecule has 6 nitrogen and oxygen atoms in total. The van der Waals surface area contributed by atoms with Gasteiger partial charge in [0.05, 0.1) is 18.8 Å². The fraction of sp³-hybridized carbons (Fsp3) is 0.455. The van der Waals surface area contributed by atoms with Gasteiger partial charge in [-0.05, 0) is 31.4 Å². The summed E-state index contributed by atoms with van der Waals surface area (Å²) in [5.41, 5.74) is 6.21. The minimum absolute atomic E-state index is 0.667. The highest BCUT2D eigenvalue weighted by Gasteiger charge is 2.17. The highest BCUT2D eigenvalue weighted by molar-refractivity contribution is 5.81. The summed E-state index contributed by atoms with van der Waals surface area (Å²) in [6.45, 7) is 8.18. The number of aliphatic imine (C=N–C) groups is 1. The second-order valence-electron chi connectivity index (χ2n) is 7.06. The van der Waals surface area contributed by atoms with Gasteiger partial charge < -0.3 is 15.0 Å². The first-order valence-corrected chi connectivity index (χ1v) is 9.86. The third kappa shape index (κ3) is 4.62. The lowest BCUT2D eigenvalue weighted by Gasteiger charge is -2.30. The molecular weight excluding hydrogens is 350 g/mol. The molecule has 1 aromatic carbocycles. The quantitative estimate of drug-likeness (QED) is 0.617. The van der Waals surface area contributed by atoms with Crippen molar-refractivity contribution in [3.8, 4) is 0 Å². The Hall–Kier alpha value is -2.60. The van der Waals surface area contributed by atoms with Crippen molar-refractivity contribution in [3.05, 3.63) is 58.9 Å². The number of aryl methyl sites for hydroxylation is 1. The minimum Gasteiger partial charge on any atom is -0.383 e. The zero-order valence-corrected chi connectivity index (χ0v) is 17.4. The van der Waals surface area contributed by atoms with E-state index in [-0.39, 0.29) is 0 Å². The Morgan fingerprint density at radius 1 is 1.25 bits per heavy atom. The Morgan fingerprint density at radius 3 is 2.68 bits per heavy atom. The van der Waals surface area contributed by atoms with Crippen LogP contribution in [0, 0.1) is 13.8 Å². The topological polar surface area (TPSA) is 54.7 Å². The summed E-state index contributed by atoms with van der Waals surface area (Å²) in [6.07, 6.45) is 3.34. The van der Waals surface area contributed by atoms with E-state index in [1.54, 1.807) is 7.11 Å². The lowest BCUT2D eigenvalue weighted by atomic mass is 10.00. The van der Waals surface area contributed by atoms with Gasteiger partial charge in [0.15, 0.2) is 5.96 Å². The molecule has 0 saturated heterocycles. The summed E-state index contributed by atoms with van der Waals surface area (Å²) < 4.78 is 7.20. The summed E-state index contributed by atoms with van der Waals surface area (Å²) in [5, 5.41) is 8.16. The summed E-state index contributed by atoms with van der Waals surface area (Å²) >= 11 is 0. The summed E-state index contributed by atoms with van der Waals surface area (Å²) in [5.74, 6) is 0.937. The van der Waals surface area contributed by atoms with Crippen LogP contribution in [0.15, 0.2) is 41.4 Å². The zero-order valence-electron chi connectivity index (χ0n) is 17.4. The van der Waals surface area contributed by atoms with Gasteiger partial charge in [-0.3, -0.25) is 9.67 Å². The van der Waals surface area contributed by atoms with Gasteiger partial charge in [-0.1, -0.05) is 36.4 Å². The van der Waals surface area contributed by atoms with Crippen molar-refractivity contribution in [2.45, 2.75) is 33.4 Å². The van der Waals surface area contributed by atoms with Gasteiger partial charge in [-0.25, -0.2) is 0 Å². The molecule has 0 fully saturated rings. The molecule has 1 aliphatic heterocycles. The maximum Gasteiger partial charge on any atom is 0.194 e. The van der Waals surface area contributed by atoms with Crippen LogP contribution >= 0.6 is 0 Å². The van der Waals surface area contributed by atoms with Crippen LogP contribution in [-0.2, 0) is 17.8 Å². The molecule has 0 atom stereocenters. The average Bonchev–Trinajstić information content (AvgIpc) is 3.01. The van der Waals surface area contributed by atoms with Crippen LogP contribution in [0.2, 0.25) is 0 Å². The summed E-state index contributed by atoms with van der Waals surface area (Å²) in [7, 11) is 3.56. The lowest BCUT2D eigenvalue weighted by Crippen LogP contribution is -2.43. The van der Waals surface area contributed by atoms with E-state index in [2.05, 4.69) is 70.6 Å². The minimum atomic E-state index is 0.667. The molecule has 0 amide bonds. The van der Waals surface area contributed by atoms with Gasteiger partial charge in [0.1, 0.15) is 0 Å². The molecule has 0 unspecified atom stereocenters. The van der Waals surface area contributed by atoms with Crippen LogP contribution in [-0.4, -0.2) is 54.5 Å². The van der Waals surface area contributed by atoms with E-state index in [4.69, 9.17) is 4.74 Å². The van der Waals surface area contributed by atoms with Crippen molar-refractivity contribution >= 4 is 11.5 Å². The predicted octanol–water partition coefficient (Wildman–Crippen LogP) is 3.01. The van der Waals surface area contributed by atoms with Crippen LogP contribution in [0.4, 0.5) is 0 Å². The molecule has 0 bridgehead atoms. The maximum atomic E-state index is 5.18. The number of aromatic nitrogens is 2. The van der Waals surface area contributed by atoms with Crippen LogP contribution in [0.3, 0.4) is 0 Å². The van der Waals surface area contributed by atoms with Gasteiger partial charge >= 0.3 is 0 Å². The van der Waals surface area contributed by atoms with Gasteiger partial charge in [0.25, 0.3) is 0 Å². The Morgan fingerprint density at radius 2 is 2.04 bits per heavy atom. The maximum absolute atomic E-state index is 5.18. The number of benzene rings is 1. The third-order valence-corrected chi connectivity index (χ3v) is 5.33. The standard InChI is InChI=1S/C22H31N5O/c1-17-21(18(2)27(25-17)14-15-28-4)16-24-22(23-3)26-12-10-20(11-13-26)19-8-6-5-7-9-19/h5-10H,11-16H2,1-4H3,(H,23,24). The highest BCUT2D eigenvalue weighted by atomic mass is 16.5. The smallest absolute Gasteiger partial charge is 0.194 e. The van der Waals surface area contributed by atoms with Crippen LogP contribution in [0.5, 0.6) is 0 Å². The van der Waals surface area contributed by atoms with E-state index >= 15 is 0 Å². The molecule has 6 heteroatoms. The number of guanidine groups is 1. The summed E-state index contributed by atoms with van der Waals surface area (Å²) in [6, 6.07) is 10.6. The molecular formula is C22H31N5O. The molecule has 0 spiro atoms. The number of nitrogens with one attached hydrogen (secondary N) is 1. The van der Waals surface area contributed by atoms with Gasteiger partial charge in [0, 0.05) is 45.0 Å². The van der Waals surface area contributed by atoms with Gasteiger partial charge in [-0.15, -0.1) is 0 Å². The number of ether oxygens (including phenoxy) is 1. The molecule has 0 aliphatic carbocycles. The van der Waals surface area contributed by atoms with Crippen molar-refractivity contribution in [2.75, 3.05) is 33.9 Å². The summed E-state index contributed by atoms with van der Waals surface area (Å²) in [4.78, 5) is 6.79. The largest absolute Gasteiger partial charge is 0.383 e. The number of nitrogens with zero attached hydrogens (tertiary/aromatic N) is 4. The molecule has 2 aromatic rings. The molecule has 1 aromatic heterocycles. The van der Waals surface area contributed by atoms with E-state index in [9.17, 15) is 0 Å². The van der Waals surface area contributed by atoms with E-state index in [1.165, 1.54) is 22.4 Å². The van der Waals surface area contributed by atoms with Crippen molar-refractivity contribution in [1.29, 1.82) is 0 Å². The number of hydrogen-bond donors (Lipinski definition) is 1. The fourth-order valence-electron chi connectivity index (χ4n) is 3.66. The molecule has 1 aliphatic rings. The number of rotatable bonds is 6. The monoisotopic (exact) mass is 381 g/mol. The number of hydrogen-bond acceptors (Lipinski definition) is 3. The first kappa shape index (κ1) is 20.1. The molecule has 0 radical (unpaired) electrons. The van der Waals surface area contributed by atoms with Crippen LogP contribution in [0.25, 0.3) is 5.57 Å². The van der Waals surface area contributed by atoms with Gasteiger partial charge in [-0.2, -0.15) is 5.10 Å². The second-order valence-corrected chi connectivity index (χ2v) is 7.06.